The second-order valence-corrected chi connectivity index (χ2v) is 9.28. The number of hydrogen-bond donors (Lipinski definition) is 1. The molecule has 2 rings (SSSR count). The van der Waals surface area contributed by atoms with Crippen molar-refractivity contribution in [3.05, 3.63) is 16.0 Å². The van der Waals surface area contributed by atoms with Crippen LogP contribution in [0.5, 0.6) is 0 Å². The molecule has 1 unspecified atom stereocenters. The van der Waals surface area contributed by atoms with Gasteiger partial charge in [0.2, 0.25) is 10.0 Å². The molecular weight excluding hydrogens is 390 g/mol. The number of sulfonamides is 1. The zero-order chi connectivity index (χ0) is 20.0. The lowest BCUT2D eigenvalue weighted by Gasteiger charge is -2.22. The maximum absolute atomic E-state index is 12.6. The van der Waals surface area contributed by atoms with E-state index in [1.165, 1.54) is 11.3 Å². The van der Waals surface area contributed by atoms with Crippen molar-refractivity contribution >= 4 is 38.3 Å². The molecule has 1 aliphatic rings. The molecule has 0 fully saturated rings. The number of fused-ring (bicyclic) bond motifs is 1. The van der Waals surface area contributed by atoms with Crippen molar-refractivity contribution in [3.8, 4) is 0 Å². The van der Waals surface area contributed by atoms with E-state index in [1.54, 1.807) is 13.8 Å². The highest BCUT2D eigenvalue weighted by molar-refractivity contribution is 7.92. The van der Waals surface area contributed by atoms with Gasteiger partial charge >= 0.3 is 11.9 Å². The fourth-order valence-corrected chi connectivity index (χ4v) is 5.98. The molecule has 27 heavy (non-hydrogen) atoms. The second kappa shape index (κ2) is 9.54. The minimum Gasteiger partial charge on any atom is -0.466 e. The molecule has 0 aliphatic heterocycles. The van der Waals surface area contributed by atoms with Crippen LogP contribution in [-0.2, 0) is 30.7 Å². The standard InChI is InChI=1S/C18H27NO6S2/c1-4-7-11-27(22,23)19-16-15(18(21)25-6-3)14-12(17(20)24-5-2)9-8-10-13(14)26-16/h12,19H,4-11H2,1-3H3. The Bertz CT molecular complexity index is 784. The predicted molar refractivity (Wildman–Crippen MR) is 105 cm³/mol. The van der Waals surface area contributed by atoms with Crippen LogP contribution < -0.4 is 4.72 Å². The van der Waals surface area contributed by atoms with Gasteiger partial charge in [0.15, 0.2) is 0 Å². The Morgan fingerprint density at radius 1 is 1.19 bits per heavy atom. The molecule has 1 heterocycles. The van der Waals surface area contributed by atoms with Crippen molar-refractivity contribution in [3.63, 3.8) is 0 Å². The number of esters is 2. The lowest BCUT2D eigenvalue weighted by molar-refractivity contribution is -0.145. The van der Waals surface area contributed by atoms with Gasteiger partial charge in [-0.2, -0.15) is 0 Å². The van der Waals surface area contributed by atoms with Gasteiger partial charge in [0.05, 0.1) is 30.4 Å². The second-order valence-electron chi connectivity index (χ2n) is 6.33. The normalized spacial score (nSPS) is 16.5. The SMILES string of the molecule is CCCCS(=O)(=O)Nc1sc2c(c1C(=O)OCC)C(C(=O)OCC)CCC2. The average molecular weight is 418 g/mol. The summed E-state index contributed by atoms with van der Waals surface area (Å²) in [7, 11) is -3.58. The van der Waals surface area contributed by atoms with Crippen LogP contribution in [0.2, 0.25) is 0 Å². The number of hydrogen-bond acceptors (Lipinski definition) is 7. The third-order valence-corrected chi connectivity index (χ3v) is 6.98. The Morgan fingerprint density at radius 2 is 1.89 bits per heavy atom. The fourth-order valence-electron chi connectivity index (χ4n) is 3.14. The van der Waals surface area contributed by atoms with E-state index in [9.17, 15) is 18.0 Å². The van der Waals surface area contributed by atoms with Crippen molar-refractivity contribution in [2.75, 3.05) is 23.7 Å². The molecule has 152 valence electrons. The summed E-state index contributed by atoms with van der Waals surface area (Å²) in [4.78, 5) is 25.9. The number of thiophene rings is 1. The van der Waals surface area contributed by atoms with E-state index in [4.69, 9.17) is 9.47 Å². The Morgan fingerprint density at radius 3 is 2.52 bits per heavy atom. The smallest absolute Gasteiger partial charge is 0.341 e. The molecule has 1 aromatic rings. The summed E-state index contributed by atoms with van der Waals surface area (Å²) in [5.41, 5.74) is 0.728. The van der Waals surface area contributed by atoms with Gasteiger partial charge in [-0.1, -0.05) is 13.3 Å². The minimum atomic E-state index is -3.58. The number of carbonyl (C=O) groups is 2. The minimum absolute atomic E-state index is 0.0182. The first-order chi connectivity index (χ1) is 12.8. The first-order valence-corrected chi connectivity index (χ1v) is 11.8. The maximum Gasteiger partial charge on any atom is 0.341 e. The van der Waals surface area contributed by atoms with Gasteiger partial charge in [-0.05, 0) is 45.1 Å². The highest BCUT2D eigenvalue weighted by atomic mass is 32.2. The third-order valence-electron chi connectivity index (χ3n) is 4.33. The topological polar surface area (TPSA) is 98.8 Å². The molecule has 1 aliphatic carbocycles. The van der Waals surface area contributed by atoms with E-state index in [1.807, 2.05) is 6.92 Å². The van der Waals surface area contributed by atoms with Gasteiger partial charge in [-0.25, -0.2) is 13.2 Å². The summed E-state index contributed by atoms with van der Waals surface area (Å²) in [6.45, 7) is 5.74. The van der Waals surface area contributed by atoms with E-state index < -0.39 is 21.9 Å². The van der Waals surface area contributed by atoms with Gasteiger partial charge in [0, 0.05) is 4.88 Å². The fraction of sp³-hybridized carbons (Fsp3) is 0.667. The number of ether oxygens (including phenoxy) is 2. The van der Waals surface area contributed by atoms with Crippen LogP contribution >= 0.6 is 11.3 Å². The molecule has 0 bridgehead atoms. The molecule has 1 N–H and O–H groups in total. The van der Waals surface area contributed by atoms with Crippen molar-refractivity contribution < 1.29 is 27.5 Å². The first kappa shape index (κ1) is 21.7. The van der Waals surface area contributed by atoms with E-state index in [-0.39, 0.29) is 35.5 Å². The van der Waals surface area contributed by atoms with E-state index in [2.05, 4.69) is 4.72 Å². The molecule has 0 saturated carbocycles. The van der Waals surface area contributed by atoms with Crippen LogP contribution in [0.3, 0.4) is 0 Å². The summed E-state index contributed by atoms with van der Waals surface area (Å²) in [5.74, 6) is -1.59. The Kier molecular flexibility index (Phi) is 7.67. The van der Waals surface area contributed by atoms with Crippen molar-refractivity contribution in [2.45, 2.75) is 58.8 Å². The summed E-state index contributed by atoms with van der Waals surface area (Å²) >= 11 is 1.22. The lowest BCUT2D eigenvalue weighted by Crippen LogP contribution is -2.23. The number of nitrogens with one attached hydrogen (secondary N) is 1. The number of carbonyl (C=O) groups excluding carboxylic acids is 2. The average Bonchev–Trinajstić information content (AvgIpc) is 2.97. The molecule has 1 atom stereocenters. The van der Waals surface area contributed by atoms with Crippen LogP contribution in [-0.4, -0.2) is 39.3 Å². The summed E-state index contributed by atoms with van der Waals surface area (Å²) in [6.07, 6.45) is 3.31. The van der Waals surface area contributed by atoms with Gasteiger partial charge in [-0.15, -0.1) is 11.3 Å². The van der Waals surface area contributed by atoms with Crippen molar-refractivity contribution in [1.82, 2.24) is 0 Å². The zero-order valence-corrected chi connectivity index (χ0v) is 17.6. The quantitative estimate of drug-likeness (QED) is 0.618. The monoisotopic (exact) mass is 417 g/mol. The largest absolute Gasteiger partial charge is 0.466 e. The van der Waals surface area contributed by atoms with Gasteiger partial charge < -0.3 is 9.47 Å². The first-order valence-electron chi connectivity index (χ1n) is 9.34. The van der Waals surface area contributed by atoms with Crippen LogP contribution in [0.4, 0.5) is 5.00 Å². The summed E-state index contributed by atoms with van der Waals surface area (Å²) in [5, 5.41) is 0.241. The molecule has 1 aromatic heterocycles. The Hall–Kier alpha value is -1.61. The van der Waals surface area contributed by atoms with Crippen LogP contribution in [0.1, 0.15) is 73.2 Å². The number of rotatable bonds is 9. The van der Waals surface area contributed by atoms with Crippen LogP contribution in [0.15, 0.2) is 0 Å². The predicted octanol–water partition coefficient (Wildman–Crippen LogP) is 3.45. The molecule has 7 nitrogen and oxygen atoms in total. The van der Waals surface area contributed by atoms with Gasteiger partial charge in [0.25, 0.3) is 0 Å². The van der Waals surface area contributed by atoms with Crippen molar-refractivity contribution in [2.24, 2.45) is 0 Å². The zero-order valence-electron chi connectivity index (χ0n) is 16.0. The number of anilines is 1. The highest BCUT2D eigenvalue weighted by Gasteiger charge is 2.37. The number of aryl methyl sites for hydroxylation is 1. The number of unbranched alkanes of at least 4 members (excludes halogenated alkanes) is 1. The molecular formula is C18H27NO6S2. The van der Waals surface area contributed by atoms with Gasteiger partial charge in [-0.3, -0.25) is 9.52 Å². The Labute approximate surface area is 164 Å². The summed E-state index contributed by atoms with van der Waals surface area (Å²) < 4.78 is 37.6. The third kappa shape index (κ3) is 5.22. The van der Waals surface area contributed by atoms with Crippen LogP contribution in [0, 0.1) is 0 Å². The highest BCUT2D eigenvalue weighted by Crippen LogP contribution is 2.44. The molecule has 9 heteroatoms. The lowest BCUT2D eigenvalue weighted by atomic mass is 9.85. The van der Waals surface area contributed by atoms with Crippen LogP contribution in [0.25, 0.3) is 0 Å². The molecule has 0 radical (unpaired) electrons. The molecule has 0 saturated heterocycles. The Balaban J connectivity index is 2.49. The maximum atomic E-state index is 12.6. The van der Waals surface area contributed by atoms with Crippen molar-refractivity contribution in [1.29, 1.82) is 0 Å². The molecule has 0 amide bonds. The van der Waals surface area contributed by atoms with E-state index in [0.29, 0.717) is 24.8 Å². The van der Waals surface area contributed by atoms with Gasteiger partial charge in [0.1, 0.15) is 5.00 Å². The van der Waals surface area contributed by atoms with E-state index in [0.717, 1.165) is 17.7 Å². The van der Waals surface area contributed by atoms with E-state index >= 15 is 0 Å². The molecule has 0 spiro atoms. The molecule has 0 aromatic carbocycles. The summed E-state index contributed by atoms with van der Waals surface area (Å²) in [6, 6.07) is 0.